The summed E-state index contributed by atoms with van der Waals surface area (Å²) in [5.74, 6) is 0.421. The highest BCUT2D eigenvalue weighted by atomic mass is 35.5. The van der Waals surface area contributed by atoms with Gasteiger partial charge in [-0.25, -0.2) is 4.79 Å². The number of carbonyl (C=O) groups is 2. The minimum atomic E-state index is -0.363. The number of rotatable bonds is 7. The maximum atomic E-state index is 12.3. The molecule has 0 radical (unpaired) electrons. The van der Waals surface area contributed by atoms with Gasteiger partial charge in [-0.15, -0.1) is 23.1 Å². The molecule has 0 saturated carbocycles. The van der Waals surface area contributed by atoms with Gasteiger partial charge >= 0.3 is 5.97 Å². The van der Waals surface area contributed by atoms with Gasteiger partial charge in [0.25, 0.3) is 0 Å². The Morgan fingerprint density at radius 3 is 2.77 bits per heavy atom. The molecule has 0 unspecified atom stereocenters. The van der Waals surface area contributed by atoms with Crippen LogP contribution in [-0.2, 0) is 22.4 Å². The van der Waals surface area contributed by atoms with Crippen molar-refractivity contribution in [1.82, 2.24) is 0 Å². The van der Waals surface area contributed by atoms with Crippen molar-refractivity contribution in [2.24, 2.45) is 0 Å². The third-order valence-corrected chi connectivity index (χ3v) is 6.75. The normalized spacial score (nSPS) is 12.7. The van der Waals surface area contributed by atoms with Gasteiger partial charge < -0.3 is 10.1 Å². The second-order valence-electron chi connectivity index (χ2n) is 6.01. The quantitative estimate of drug-likeness (QED) is 0.388. The Bertz CT molecular complexity index is 802. The van der Waals surface area contributed by atoms with Crippen LogP contribution in [-0.4, -0.2) is 24.7 Å². The van der Waals surface area contributed by atoms with E-state index >= 15 is 0 Å². The SMILES string of the molecule is COC(=O)c1c(NC(=O)CCCSc2ccc(Cl)cc2)sc2c1CCC2. The third-order valence-electron chi connectivity index (χ3n) is 4.19. The third kappa shape index (κ3) is 4.61. The predicted octanol–water partition coefficient (Wildman–Crippen LogP) is 5.19. The Morgan fingerprint density at radius 1 is 1.27 bits per heavy atom. The first-order valence-corrected chi connectivity index (χ1v) is 10.7. The number of halogens is 1. The highest BCUT2D eigenvalue weighted by Crippen LogP contribution is 2.39. The lowest BCUT2D eigenvalue weighted by atomic mass is 10.1. The predicted molar refractivity (Wildman–Crippen MR) is 108 cm³/mol. The van der Waals surface area contributed by atoms with E-state index in [-0.39, 0.29) is 11.9 Å². The van der Waals surface area contributed by atoms with Crippen molar-refractivity contribution in [3.05, 3.63) is 45.3 Å². The van der Waals surface area contributed by atoms with Crippen LogP contribution < -0.4 is 5.32 Å². The average molecular weight is 410 g/mol. The Kier molecular flexibility index (Phi) is 6.62. The van der Waals surface area contributed by atoms with Crippen LogP contribution in [0.4, 0.5) is 5.00 Å². The highest BCUT2D eigenvalue weighted by Gasteiger charge is 2.27. The van der Waals surface area contributed by atoms with Crippen molar-refractivity contribution in [3.8, 4) is 0 Å². The van der Waals surface area contributed by atoms with E-state index in [1.807, 2.05) is 24.3 Å². The Balaban J connectivity index is 1.52. The lowest BCUT2D eigenvalue weighted by Gasteiger charge is -2.07. The van der Waals surface area contributed by atoms with E-state index in [1.165, 1.54) is 23.3 Å². The van der Waals surface area contributed by atoms with Gasteiger partial charge in [-0.2, -0.15) is 0 Å². The van der Waals surface area contributed by atoms with Crippen LogP contribution in [0.2, 0.25) is 5.02 Å². The fourth-order valence-electron chi connectivity index (χ4n) is 2.95. The Labute approximate surface area is 166 Å². The summed E-state index contributed by atoms with van der Waals surface area (Å²) in [5.41, 5.74) is 1.60. The zero-order chi connectivity index (χ0) is 18.5. The van der Waals surface area contributed by atoms with Crippen molar-refractivity contribution in [3.63, 3.8) is 0 Å². The van der Waals surface area contributed by atoms with Crippen LogP contribution in [0, 0.1) is 0 Å². The van der Waals surface area contributed by atoms with Crippen molar-refractivity contribution in [2.45, 2.75) is 37.0 Å². The van der Waals surface area contributed by atoms with E-state index in [0.717, 1.165) is 46.9 Å². The molecule has 26 heavy (non-hydrogen) atoms. The monoisotopic (exact) mass is 409 g/mol. The van der Waals surface area contributed by atoms with Crippen molar-refractivity contribution in [2.75, 3.05) is 18.2 Å². The summed E-state index contributed by atoms with van der Waals surface area (Å²) in [7, 11) is 1.38. The summed E-state index contributed by atoms with van der Waals surface area (Å²) < 4.78 is 4.90. The van der Waals surface area contributed by atoms with Crippen LogP contribution in [0.25, 0.3) is 0 Å². The molecule has 1 aliphatic carbocycles. The zero-order valence-corrected chi connectivity index (χ0v) is 16.9. The molecular formula is C19H20ClNO3S2. The summed E-state index contributed by atoms with van der Waals surface area (Å²) in [6, 6.07) is 7.67. The fourth-order valence-corrected chi connectivity index (χ4v) is 5.23. The molecule has 1 aromatic carbocycles. The first-order chi connectivity index (χ1) is 12.6. The van der Waals surface area contributed by atoms with Crippen LogP contribution in [0.15, 0.2) is 29.2 Å². The molecule has 138 valence electrons. The minimum Gasteiger partial charge on any atom is -0.465 e. The maximum Gasteiger partial charge on any atom is 0.341 e. The van der Waals surface area contributed by atoms with Crippen LogP contribution >= 0.6 is 34.7 Å². The molecule has 1 aliphatic rings. The smallest absolute Gasteiger partial charge is 0.341 e. The van der Waals surface area contributed by atoms with Gasteiger partial charge in [0.2, 0.25) is 5.91 Å². The molecule has 0 spiro atoms. The number of fused-ring (bicyclic) bond motifs is 1. The molecule has 1 N–H and O–H groups in total. The highest BCUT2D eigenvalue weighted by molar-refractivity contribution is 7.99. The number of hydrogen-bond donors (Lipinski definition) is 1. The van der Waals surface area contributed by atoms with Gasteiger partial charge in [-0.3, -0.25) is 4.79 Å². The molecule has 0 bridgehead atoms. The van der Waals surface area contributed by atoms with Crippen LogP contribution in [0.1, 0.15) is 40.1 Å². The number of aryl methyl sites for hydroxylation is 1. The van der Waals surface area contributed by atoms with Crippen molar-refractivity contribution < 1.29 is 14.3 Å². The Hall–Kier alpha value is -1.50. The molecule has 1 amide bonds. The molecular weight excluding hydrogens is 390 g/mol. The first kappa shape index (κ1) is 19.3. The number of benzene rings is 1. The molecule has 3 rings (SSSR count). The Morgan fingerprint density at radius 2 is 2.04 bits per heavy atom. The first-order valence-electron chi connectivity index (χ1n) is 8.49. The molecule has 7 heteroatoms. The second kappa shape index (κ2) is 8.93. The van der Waals surface area contributed by atoms with Crippen LogP contribution in [0.3, 0.4) is 0 Å². The molecule has 0 atom stereocenters. The number of carbonyl (C=O) groups excluding carboxylic acids is 2. The van der Waals surface area contributed by atoms with E-state index < -0.39 is 0 Å². The number of ether oxygens (including phenoxy) is 1. The molecule has 0 saturated heterocycles. The number of thiophene rings is 1. The topological polar surface area (TPSA) is 55.4 Å². The van der Waals surface area contributed by atoms with Crippen molar-refractivity contribution in [1.29, 1.82) is 0 Å². The summed E-state index contributed by atoms with van der Waals surface area (Å²) in [4.78, 5) is 26.7. The fraction of sp³-hybridized carbons (Fsp3) is 0.368. The van der Waals surface area contributed by atoms with E-state index in [9.17, 15) is 9.59 Å². The second-order valence-corrected chi connectivity index (χ2v) is 8.72. The summed E-state index contributed by atoms with van der Waals surface area (Å²) in [5, 5.41) is 4.27. The summed E-state index contributed by atoms with van der Waals surface area (Å²) in [6.07, 6.45) is 4.09. The standard InChI is InChI=1S/C19H20ClNO3S2/c1-24-19(23)17-14-4-2-5-15(14)26-18(17)21-16(22)6-3-11-25-13-9-7-12(20)8-10-13/h7-10H,2-6,11H2,1H3,(H,21,22). The number of hydrogen-bond acceptors (Lipinski definition) is 5. The van der Waals surface area contributed by atoms with Gasteiger partial charge in [0.1, 0.15) is 5.00 Å². The number of nitrogens with one attached hydrogen (secondary N) is 1. The molecule has 0 fully saturated rings. The number of methoxy groups -OCH3 is 1. The van der Waals surface area contributed by atoms with E-state index in [1.54, 1.807) is 11.8 Å². The molecule has 1 heterocycles. The van der Waals surface area contributed by atoms with E-state index in [2.05, 4.69) is 5.32 Å². The van der Waals surface area contributed by atoms with Crippen molar-refractivity contribution >= 4 is 51.6 Å². The summed E-state index contributed by atoms with van der Waals surface area (Å²) in [6.45, 7) is 0. The average Bonchev–Trinajstić information content (AvgIpc) is 3.20. The number of thioether (sulfide) groups is 1. The molecule has 0 aliphatic heterocycles. The van der Waals surface area contributed by atoms with E-state index in [4.69, 9.17) is 16.3 Å². The largest absolute Gasteiger partial charge is 0.465 e. The molecule has 2 aromatic rings. The van der Waals surface area contributed by atoms with E-state index in [0.29, 0.717) is 17.0 Å². The lowest BCUT2D eigenvalue weighted by Crippen LogP contribution is -2.14. The number of amides is 1. The minimum absolute atomic E-state index is 0.0632. The van der Waals surface area contributed by atoms with Gasteiger partial charge in [0.05, 0.1) is 12.7 Å². The van der Waals surface area contributed by atoms with Crippen LogP contribution in [0.5, 0.6) is 0 Å². The number of anilines is 1. The molecule has 4 nitrogen and oxygen atoms in total. The number of esters is 1. The summed E-state index contributed by atoms with van der Waals surface area (Å²) >= 11 is 9.08. The molecule has 1 aromatic heterocycles. The van der Waals surface area contributed by atoms with Gasteiger partial charge in [0, 0.05) is 21.2 Å². The van der Waals surface area contributed by atoms with Gasteiger partial charge in [-0.05, 0) is 61.3 Å². The van der Waals surface area contributed by atoms with Gasteiger partial charge in [-0.1, -0.05) is 11.6 Å². The zero-order valence-electron chi connectivity index (χ0n) is 14.5. The lowest BCUT2D eigenvalue weighted by molar-refractivity contribution is -0.116. The van der Waals surface area contributed by atoms with Gasteiger partial charge in [0.15, 0.2) is 0 Å². The maximum absolute atomic E-state index is 12.3.